The molecule has 120 valence electrons. The summed E-state index contributed by atoms with van der Waals surface area (Å²) in [6.45, 7) is 0.595. The van der Waals surface area contributed by atoms with E-state index in [0.717, 1.165) is 0 Å². The first-order valence-electron chi connectivity index (χ1n) is 6.86. The largest absolute Gasteiger partial charge is 0.399 e. The van der Waals surface area contributed by atoms with Crippen LogP contribution in [-0.2, 0) is 9.59 Å². The minimum Gasteiger partial charge on any atom is -0.399 e. The summed E-state index contributed by atoms with van der Waals surface area (Å²) in [5.41, 5.74) is 8.11. The highest BCUT2D eigenvalue weighted by molar-refractivity contribution is 5.94. The van der Waals surface area contributed by atoms with Gasteiger partial charge in [0.2, 0.25) is 11.8 Å². The normalized spacial score (nSPS) is 9.86. The molecular weight excluding hydrogens is 288 g/mol. The Morgan fingerprint density at radius 2 is 1.55 bits per heavy atom. The molecule has 0 aliphatic heterocycles. The number of hydrogen-bond acceptors (Lipinski definition) is 5. The lowest BCUT2D eigenvalue weighted by Gasteiger charge is -2.07. The molecule has 6 N–H and O–H groups in total. The summed E-state index contributed by atoms with van der Waals surface area (Å²) in [5, 5.41) is 13.6. The molecule has 0 unspecified atom stereocenters. The van der Waals surface area contributed by atoms with Crippen LogP contribution in [0.2, 0.25) is 0 Å². The molecule has 0 aliphatic carbocycles. The molecule has 0 bridgehead atoms. The van der Waals surface area contributed by atoms with Crippen LogP contribution >= 0.6 is 0 Å². The Labute approximate surface area is 128 Å². The van der Waals surface area contributed by atoms with E-state index in [1.165, 1.54) is 5.48 Å². The van der Waals surface area contributed by atoms with Gasteiger partial charge in [0.15, 0.2) is 0 Å². The fourth-order valence-electron chi connectivity index (χ4n) is 1.67. The zero-order chi connectivity index (χ0) is 16.4. The van der Waals surface area contributed by atoms with Crippen molar-refractivity contribution >= 4 is 23.4 Å². The van der Waals surface area contributed by atoms with Crippen molar-refractivity contribution in [2.75, 3.05) is 18.8 Å². The summed E-state index contributed by atoms with van der Waals surface area (Å²) < 4.78 is 0. The van der Waals surface area contributed by atoms with Crippen LogP contribution in [0.25, 0.3) is 0 Å². The van der Waals surface area contributed by atoms with Gasteiger partial charge >= 0.3 is 0 Å². The molecule has 1 rings (SSSR count). The number of carbonyl (C=O) groups excluding carboxylic acids is 3. The van der Waals surface area contributed by atoms with Crippen molar-refractivity contribution in [2.24, 2.45) is 0 Å². The van der Waals surface area contributed by atoms with Gasteiger partial charge in [0, 0.05) is 37.2 Å². The van der Waals surface area contributed by atoms with Gasteiger partial charge in [-0.2, -0.15) is 0 Å². The highest BCUT2D eigenvalue weighted by Gasteiger charge is 2.06. The second kappa shape index (κ2) is 9.35. The number of amides is 3. The van der Waals surface area contributed by atoms with Crippen molar-refractivity contribution in [3.05, 3.63) is 29.8 Å². The Bertz CT molecular complexity index is 516. The van der Waals surface area contributed by atoms with Crippen LogP contribution in [0.15, 0.2) is 24.3 Å². The first-order valence-corrected chi connectivity index (χ1v) is 6.86. The monoisotopic (exact) mass is 308 g/mol. The number of benzene rings is 1. The van der Waals surface area contributed by atoms with Crippen molar-refractivity contribution in [3.8, 4) is 0 Å². The Kier molecular flexibility index (Phi) is 7.41. The highest BCUT2D eigenvalue weighted by Crippen LogP contribution is 2.04. The van der Waals surface area contributed by atoms with E-state index in [1.807, 2.05) is 0 Å². The standard InChI is InChI=1S/C14H20N4O4/c15-11-6-4-10(5-7-11)14(21)17-9-8-16-12(19)2-1-3-13(20)18-22/h4-7,22H,1-3,8-9,15H2,(H,16,19)(H,17,21)(H,18,20). The Morgan fingerprint density at radius 1 is 0.955 bits per heavy atom. The molecule has 0 aromatic heterocycles. The summed E-state index contributed by atoms with van der Waals surface area (Å²) in [4.78, 5) is 33.9. The molecule has 3 amide bonds. The lowest BCUT2D eigenvalue weighted by molar-refractivity contribution is -0.129. The fourth-order valence-corrected chi connectivity index (χ4v) is 1.67. The summed E-state index contributed by atoms with van der Waals surface area (Å²) in [7, 11) is 0. The van der Waals surface area contributed by atoms with Crippen molar-refractivity contribution in [2.45, 2.75) is 19.3 Å². The molecule has 0 saturated heterocycles. The van der Waals surface area contributed by atoms with Crippen LogP contribution in [0.3, 0.4) is 0 Å². The molecule has 0 aliphatic rings. The quantitative estimate of drug-likeness (QED) is 0.196. The van der Waals surface area contributed by atoms with Gasteiger partial charge in [0.25, 0.3) is 5.91 Å². The minimum absolute atomic E-state index is 0.0811. The number of nitrogen functional groups attached to an aromatic ring is 1. The number of hydroxylamine groups is 1. The molecule has 0 radical (unpaired) electrons. The molecule has 22 heavy (non-hydrogen) atoms. The van der Waals surface area contributed by atoms with Gasteiger partial charge in [0.1, 0.15) is 0 Å². The number of anilines is 1. The van der Waals surface area contributed by atoms with E-state index in [4.69, 9.17) is 10.9 Å². The average molecular weight is 308 g/mol. The molecule has 0 heterocycles. The smallest absolute Gasteiger partial charge is 0.251 e. The van der Waals surface area contributed by atoms with E-state index in [-0.39, 0.29) is 24.7 Å². The van der Waals surface area contributed by atoms with E-state index < -0.39 is 5.91 Å². The number of nitrogens with two attached hydrogens (primary N) is 1. The first kappa shape index (κ1) is 17.4. The second-order valence-corrected chi connectivity index (χ2v) is 4.62. The fraction of sp³-hybridized carbons (Fsp3) is 0.357. The topological polar surface area (TPSA) is 134 Å². The maximum atomic E-state index is 11.7. The number of hydrogen-bond donors (Lipinski definition) is 5. The van der Waals surface area contributed by atoms with Crippen LogP contribution in [0.4, 0.5) is 5.69 Å². The second-order valence-electron chi connectivity index (χ2n) is 4.62. The maximum Gasteiger partial charge on any atom is 0.251 e. The molecule has 0 saturated carbocycles. The lowest BCUT2D eigenvalue weighted by atomic mass is 10.2. The van der Waals surface area contributed by atoms with Gasteiger partial charge in [-0.05, 0) is 30.7 Å². The molecular formula is C14H20N4O4. The van der Waals surface area contributed by atoms with Crippen molar-refractivity contribution in [1.29, 1.82) is 0 Å². The van der Waals surface area contributed by atoms with Gasteiger partial charge in [-0.25, -0.2) is 5.48 Å². The van der Waals surface area contributed by atoms with E-state index >= 15 is 0 Å². The van der Waals surface area contributed by atoms with Gasteiger partial charge in [-0.15, -0.1) is 0 Å². The van der Waals surface area contributed by atoms with Gasteiger partial charge in [-0.1, -0.05) is 0 Å². The molecule has 1 aromatic carbocycles. The number of carbonyl (C=O) groups is 3. The van der Waals surface area contributed by atoms with E-state index in [9.17, 15) is 14.4 Å². The molecule has 0 spiro atoms. The van der Waals surface area contributed by atoms with Crippen LogP contribution < -0.4 is 21.8 Å². The molecule has 0 fully saturated rings. The zero-order valence-electron chi connectivity index (χ0n) is 12.1. The van der Waals surface area contributed by atoms with Crippen molar-refractivity contribution in [3.63, 3.8) is 0 Å². The molecule has 1 aromatic rings. The average Bonchev–Trinajstić information content (AvgIpc) is 2.51. The molecule has 0 atom stereocenters. The number of nitrogens with one attached hydrogen (secondary N) is 3. The number of rotatable bonds is 8. The van der Waals surface area contributed by atoms with E-state index in [2.05, 4.69) is 10.6 Å². The summed E-state index contributed by atoms with van der Waals surface area (Å²) >= 11 is 0. The van der Waals surface area contributed by atoms with Gasteiger partial charge in [0.05, 0.1) is 0 Å². The zero-order valence-corrected chi connectivity index (χ0v) is 12.1. The summed E-state index contributed by atoms with van der Waals surface area (Å²) in [6, 6.07) is 6.52. The third-order valence-electron chi connectivity index (χ3n) is 2.84. The van der Waals surface area contributed by atoms with Crippen LogP contribution in [0.5, 0.6) is 0 Å². The third kappa shape index (κ3) is 6.71. The van der Waals surface area contributed by atoms with Crippen LogP contribution in [-0.4, -0.2) is 36.0 Å². The Hall–Kier alpha value is -2.61. The third-order valence-corrected chi connectivity index (χ3v) is 2.84. The molecule has 8 nitrogen and oxygen atoms in total. The Balaban J connectivity index is 2.14. The van der Waals surface area contributed by atoms with Crippen LogP contribution in [0.1, 0.15) is 29.6 Å². The highest BCUT2D eigenvalue weighted by atomic mass is 16.5. The van der Waals surface area contributed by atoms with Gasteiger partial charge in [-0.3, -0.25) is 19.6 Å². The summed E-state index contributed by atoms with van der Waals surface area (Å²) in [6.07, 6.45) is 0.604. The minimum atomic E-state index is -0.524. The van der Waals surface area contributed by atoms with E-state index in [1.54, 1.807) is 24.3 Å². The van der Waals surface area contributed by atoms with Crippen molar-refractivity contribution in [1.82, 2.24) is 16.1 Å². The SMILES string of the molecule is Nc1ccc(C(=O)NCCNC(=O)CCCC(=O)NO)cc1. The van der Waals surface area contributed by atoms with E-state index in [0.29, 0.717) is 30.8 Å². The summed E-state index contributed by atoms with van der Waals surface area (Å²) in [5.74, 6) is -0.982. The van der Waals surface area contributed by atoms with Crippen LogP contribution in [0, 0.1) is 0 Å². The maximum absolute atomic E-state index is 11.7. The van der Waals surface area contributed by atoms with Crippen molar-refractivity contribution < 1.29 is 19.6 Å². The molecule has 8 heteroatoms. The lowest BCUT2D eigenvalue weighted by Crippen LogP contribution is -2.34. The predicted octanol–water partition coefficient (Wildman–Crippen LogP) is -0.209. The Morgan fingerprint density at radius 3 is 2.18 bits per heavy atom. The van der Waals surface area contributed by atoms with Gasteiger partial charge < -0.3 is 16.4 Å². The predicted molar refractivity (Wildman–Crippen MR) is 80.0 cm³/mol. The first-order chi connectivity index (χ1) is 10.5.